The van der Waals surface area contributed by atoms with E-state index in [-0.39, 0.29) is 0 Å². The molecule has 2 rings (SSSR count). The molecule has 0 aliphatic carbocycles. The van der Waals surface area contributed by atoms with Crippen molar-refractivity contribution < 1.29 is 0 Å². The SMILES string of the molecule is CC.Cc1cn(CCCNCc2ccccc2)cn1. The van der Waals surface area contributed by atoms with E-state index in [9.17, 15) is 0 Å². The summed E-state index contributed by atoms with van der Waals surface area (Å²) in [7, 11) is 0. The summed E-state index contributed by atoms with van der Waals surface area (Å²) in [6.45, 7) is 9.03. The minimum absolute atomic E-state index is 0.948. The quantitative estimate of drug-likeness (QED) is 0.806. The van der Waals surface area contributed by atoms with Gasteiger partial charge in [-0.2, -0.15) is 0 Å². The molecule has 104 valence electrons. The second-order valence-electron chi connectivity index (χ2n) is 4.27. The van der Waals surface area contributed by atoms with Gasteiger partial charge >= 0.3 is 0 Å². The van der Waals surface area contributed by atoms with Crippen molar-refractivity contribution in [3.8, 4) is 0 Å². The van der Waals surface area contributed by atoms with Crippen LogP contribution in [0.3, 0.4) is 0 Å². The van der Waals surface area contributed by atoms with Crippen molar-refractivity contribution >= 4 is 0 Å². The number of imidazole rings is 1. The molecule has 0 atom stereocenters. The Labute approximate surface area is 116 Å². The highest BCUT2D eigenvalue weighted by Gasteiger charge is 1.94. The molecule has 0 saturated heterocycles. The van der Waals surface area contributed by atoms with Crippen LogP contribution in [0.2, 0.25) is 0 Å². The standard InChI is InChI=1S/C14H19N3.C2H6/c1-13-11-17(12-16-13)9-5-8-15-10-14-6-3-2-4-7-14;1-2/h2-4,6-7,11-12,15H,5,8-10H2,1H3;1-2H3. The Kier molecular flexibility index (Phi) is 7.59. The molecule has 0 aliphatic rings. The van der Waals surface area contributed by atoms with Gasteiger partial charge in [0, 0.05) is 19.3 Å². The first-order valence-electron chi connectivity index (χ1n) is 7.07. The van der Waals surface area contributed by atoms with Gasteiger partial charge in [-0.25, -0.2) is 4.98 Å². The minimum Gasteiger partial charge on any atom is -0.337 e. The van der Waals surface area contributed by atoms with Gasteiger partial charge in [-0.15, -0.1) is 0 Å². The van der Waals surface area contributed by atoms with Crippen LogP contribution in [-0.4, -0.2) is 16.1 Å². The lowest BCUT2D eigenvalue weighted by molar-refractivity contribution is 0.580. The van der Waals surface area contributed by atoms with Crippen LogP contribution >= 0.6 is 0 Å². The smallest absolute Gasteiger partial charge is 0.0949 e. The van der Waals surface area contributed by atoms with Crippen LogP contribution in [0.25, 0.3) is 0 Å². The van der Waals surface area contributed by atoms with Gasteiger partial charge in [0.2, 0.25) is 0 Å². The number of benzene rings is 1. The van der Waals surface area contributed by atoms with E-state index in [0.717, 1.165) is 31.7 Å². The summed E-state index contributed by atoms with van der Waals surface area (Å²) in [5, 5.41) is 3.44. The van der Waals surface area contributed by atoms with Crippen LogP contribution in [0.4, 0.5) is 0 Å². The Bertz CT molecular complexity index is 434. The molecule has 1 aromatic heterocycles. The maximum atomic E-state index is 4.21. The Balaban J connectivity index is 0.000000861. The maximum Gasteiger partial charge on any atom is 0.0949 e. The predicted octanol–water partition coefficient (Wildman–Crippen LogP) is 3.40. The predicted molar refractivity (Wildman–Crippen MR) is 81.1 cm³/mol. The van der Waals surface area contributed by atoms with Crippen molar-refractivity contribution in [3.63, 3.8) is 0 Å². The summed E-state index contributed by atoms with van der Waals surface area (Å²) in [4.78, 5) is 4.21. The molecular weight excluding hydrogens is 234 g/mol. The van der Waals surface area contributed by atoms with Crippen molar-refractivity contribution in [2.24, 2.45) is 0 Å². The van der Waals surface area contributed by atoms with E-state index in [1.54, 1.807) is 0 Å². The molecule has 1 aromatic carbocycles. The van der Waals surface area contributed by atoms with Gasteiger partial charge in [-0.3, -0.25) is 0 Å². The van der Waals surface area contributed by atoms with E-state index < -0.39 is 0 Å². The molecule has 0 bridgehead atoms. The Morgan fingerprint density at radius 2 is 1.89 bits per heavy atom. The van der Waals surface area contributed by atoms with E-state index in [2.05, 4.69) is 45.3 Å². The molecule has 2 aromatic rings. The molecule has 3 nitrogen and oxygen atoms in total. The van der Waals surface area contributed by atoms with Gasteiger partial charge in [0.25, 0.3) is 0 Å². The van der Waals surface area contributed by atoms with Crippen LogP contribution in [-0.2, 0) is 13.1 Å². The Morgan fingerprint density at radius 1 is 1.16 bits per heavy atom. The third kappa shape index (κ3) is 6.20. The first-order valence-corrected chi connectivity index (χ1v) is 7.07. The van der Waals surface area contributed by atoms with Gasteiger partial charge in [0.1, 0.15) is 0 Å². The Morgan fingerprint density at radius 3 is 2.53 bits per heavy atom. The lowest BCUT2D eigenvalue weighted by atomic mass is 10.2. The minimum atomic E-state index is 0.948. The maximum absolute atomic E-state index is 4.21. The summed E-state index contributed by atoms with van der Waals surface area (Å²) in [5.74, 6) is 0. The molecule has 0 saturated carbocycles. The van der Waals surface area contributed by atoms with Crippen molar-refractivity contribution in [3.05, 3.63) is 54.1 Å². The normalized spacial score (nSPS) is 9.84. The average molecular weight is 259 g/mol. The van der Waals surface area contributed by atoms with Crippen LogP contribution < -0.4 is 5.32 Å². The molecule has 1 heterocycles. The van der Waals surface area contributed by atoms with Crippen molar-refractivity contribution in [2.75, 3.05) is 6.54 Å². The van der Waals surface area contributed by atoms with Gasteiger partial charge < -0.3 is 9.88 Å². The average Bonchev–Trinajstić information content (AvgIpc) is 2.87. The number of rotatable bonds is 6. The van der Waals surface area contributed by atoms with Gasteiger partial charge in [0.05, 0.1) is 12.0 Å². The van der Waals surface area contributed by atoms with E-state index in [4.69, 9.17) is 0 Å². The topological polar surface area (TPSA) is 29.9 Å². The highest BCUT2D eigenvalue weighted by Crippen LogP contribution is 1.98. The first-order chi connectivity index (χ1) is 9.34. The molecular formula is C16H25N3. The zero-order valence-corrected chi connectivity index (χ0v) is 12.3. The van der Waals surface area contributed by atoms with E-state index in [1.165, 1.54) is 5.56 Å². The second kappa shape index (κ2) is 9.34. The van der Waals surface area contributed by atoms with Crippen molar-refractivity contribution in [1.82, 2.24) is 14.9 Å². The molecule has 0 fully saturated rings. The Hall–Kier alpha value is -1.61. The van der Waals surface area contributed by atoms with Gasteiger partial charge in [-0.1, -0.05) is 44.2 Å². The molecule has 3 heteroatoms. The molecule has 0 radical (unpaired) electrons. The number of hydrogen-bond acceptors (Lipinski definition) is 2. The lowest BCUT2D eigenvalue weighted by Gasteiger charge is -2.05. The molecule has 0 amide bonds. The summed E-state index contributed by atoms with van der Waals surface area (Å²) < 4.78 is 2.14. The highest BCUT2D eigenvalue weighted by atomic mass is 15.0. The number of aromatic nitrogens is 2. The summed E-state index contributed by atoms with van der Waals surface area (Å²) in [6, 6.07) is 10.5. The zero-order chi connectivity index (χ0) is 13.9. The second-order valence-corrected chi connectivity index (χ2v) is 4.27. The fraction of sp³-hybridized carbons (Fsp3) is 0.438. The van der Waals surface area contributed by atoms with Crippen LogP contribution in [0.15, 0.2) is 42.9 Å². The molecule has 1 N–H and O–H groups in total. The fourth-order valence-electron chi connectivity index (χ4n) is 1.81. The number of nitrogens with zero attached hydrogens (tertiary/aromatic N) is 2. The number of hydrogen-bond donors (Lipinski definition) is 1. The van der Waals surface area contributed by atoms with Gasteiger partial charge in [0.15, 0.2) is 0 Å². The van der Waals surface area contributed by atoms with Crippen LogP contribution in [0.5, 0.6) is 0 Å². The van der Waals surface area contributed by atoms with E-state index in [1.807, 2.05) is 33.2 Å². The molecule has 19 heavy (non-hydrogen) atoms. The molecule has 0 aliphatic heterocycles. The van der Waals surface area contributed by atoms with Crippen LogP contribution in [0, 0.1) is 6.92 Å². The zero-order valence-electron chi connectivity index (χ0n) is 12.3. The highest BCUT2D eigenvalue weighted by molar-refractivity contribution is 5.14. The van der Waals surface area contributed by atoms with Gasteiger partial charge in [-0.05, 0) is 25.5 Å². The van der Waals surface area contributed by atoms with E-state index >= 15 is 0 Å². The summed E-state index contributed by atoms with van der Waals surface area (Å²) >= 11 is 0. The van der Waals surface area contributed by atoms with Crippen molar-refractivity contribution in [2.45, 2.75) is 40.3 Å². The third-order valence-electron chi connectivity index (χ3n) is 2.70. The molecule has 0 spiro atoms. The first kappa shape index (κ1) is 15.4. The molecule has 0 unspecified atom stereocenters. The summed E-state index contributed by atoms with van der Waals surface area (Å²) in [6.07, 6.45) is 5.10. The lowest BCUT2D eigenvalue weighted by Crippen LogP contribution is -2.16. The monoisotopic (exact) mass is 259 g/mol. The van der Waals surface area contributed by atoms with Crippen LogP contribution in [0.1, 0.15) is 31.5 Å². The number of nitrogens with one attached hydrogen (secondary N) is 1. The summed E-state index contributed by atoms with van der Waals surface area (Å²) in [5.41, 5.74) is 2.42. The number of aryl methyl sites for hydroxylation is 2. The van der Waals surface area contributed by atoms with Crippen molar-refractivity contribution in [1.29, 1.82) is 0 Å². The fourth-order valence-corrected chi connectivity index (χ4v) is 1.81. The third-order valence-corrected chi connectivity index (χ3v) is 2.70. The largest absolute Gasteiger partial charge is 0.337 e. The van der Waals surface area contributed by atoms with E-state index in [0.29, 0.717) is 0 Å².